The summed E-state index contributed by atoms with van der Waals surface area (Å²) < 4.78 is 55.5. The highest BCUT2D eigenvalue weighted by molar-refractivity contribution is 6.32. The summed E-state index contributed by atoms with van der Waals surface area (Å²) in [6, 6.07) is 10.2. The number of rotatable bonds is 26. The lowest BCUT2D eigenvalue weighted by Crippen LogP contribution is -2.60. The summed E-state index contributed by atoms with van der Waals surface area (Å²) in [7, 11) is 0. The fourth-order valence-electron chi connectivity index (χ4n) is 8.09. The number of unbranched alkanes of at least 4 members (excludes halogenated alkanes) is 2. The molecular formula is C46H54ClF2N5O14. The Hall–Kier alpha value is -6.35. The van der Waals surface area contributed by atoms with Crippen molar-refractivity contribution in [1.82, 2.24) is 14.8 Å². The molecule has 2 atom stereocenters. The number of halogens is 3. The Labute approximate surface area is 395 Å². The molecule has 2 unspecified atom stereocenters. The van der Waals surface area contributed by atoms with Crippen molar-refractivity contribution >= 4 is 35.3 Å². The highest BCUT2D eigenvalue weighted by atomic mass is 35.5. The number of benzene rings is 2. The zero-order valence-electron chi connectivity index (χ0n) is 37.6. The number of fused-ring (bicyclic) bond motifs is 2. The Balaban J connectivity index is 1.16. The minimum absolute atomic E-state index is 0.00703. The van der Waals surface area contributed by atoms with Crippen LogP contribution in [0.2, 0.25) is 5.02 Å². The van der Waals surface area contributed by atoms with Crippen molar-refractivity contribution in [3.63, 3.8) is 0 Å². The number of aryl methyl sites for hydroxylation is 2. The van der Waals surface area contributed by atoms with Gasteiger partial charge in [0.2, 0.25) is 0 Å². The van der Waals surface area contributed by atoms with E-state index in [1.165, 1.54) is 0 Å². The van der Waals surface area contributed by atoms with E-state index >= 15 is 4.79 Å². The largest absolute Gasteiger partial charge is 0.508 e. The third kappa shape index (κ3) is 14.3. The fourth-order valence-corrected chi connectivity index (χ4v) is 8.30. The molecule has 22 heteroatoms. The maximum Gasteiger partial charge on any atom is 0.508 e. The van der Waals surface area contributed by atoms with Crippen LogP contribution in [0.3, 0.4) is 0 Å². The van der Waals surface area contributed by atoms with E-state index in [-0.39, 0.29) is 77.1 Å². The molecule has 0 spiro atoms. The summed E-state index contributed by atoms with van der Waals surface area (Å²) >= 11 is 5.91. The smallest absolute Gasteiger partial charge is 0.489 e. The molecule has 6 rings (SSSR count). The maximum atomic E-state index is 15.3. The number of morpholine rings is 1. The van der Waals surface area contributed by atoms with E-state index in [1.807, 2.05) is 42.2 Å². The lowest BCUT2D eigenvalue weighted by Gasteiger charge is -2.47. The third-order valence-electron chi connectivity index (χ3n) is 11.7. The first-order valence-corrected chi connectivity index (χ1v) is 22.9. The second kappa shape index (κ2) is 25.1. The van der Waals surface area contributed by atoms with E-state index in [1.54, 1.807) is 11.1 Å². The number of amides is 2. The van der Waals surface area contributed by atoms with Crippen molar-refractivity contribution in [2.24, 2.45) is 0 Å². The molecule has 3 aromatic rings. The van der Waals surface area contributed by atoms with Crippen LogP contribution in [0.15, 0.2) is 54.2 Å². The van der Waals surface area contributed by atoms with Gasteiger partial charge in [-0.1, -0.05) is 35.9 Å². The van der Waals surface area contributed by atoms with Gasteiger partial charge in [-0.2, -0.15) is 0 Å². The van der Waals surface area contributed by atoms with Gasteiger partial charge in [0.1, 0.15) is 10.8 Å². The van der Waals surface area contributed by atoms with Gasteiger partial charge in [-0.25, -0.2) is 18.4 Å². The van der Waals surface area contributed by atoms with Gasteiger partial charge < -0.3 is 38.3 Å². The molecule has 68 heavy (non-hydrogen) atoms. The van der Waals surface area contributed by atoms with Gasteiger partial charge >= 0.3 is 12.2 Å². The van der Waals surface area contributed by atoms with Crippen molar-refractivity contribution in [2.45, 2.75) is 102 Å². The van der Waals surface area contributed by atoms with Gasteiger partial charge in [0.25, 0.3) is 16.1 Å². The number of carbonyl (C=O) groups excluding carboxylic acids is 3. The van der Waals surface area contributed by atoms with Gasteiger partial charge in [-0.15, -0.1) is 20.2 Å². The van der Waals surface area contributed by atoms with E-state index in [0.717, 1.165) is 58.5 Å². The van der Waals surface area contributed by atoms with Crippen molar-refractivity contribution < 1.29 is 66.7 Å². The number of hydrogen-bond donors (Lipinski definition) is 0. The van der Waals surface area contributed by atoms with Gasteiger partial charge in [0.05, 0.1) is 64.9 Å². The van der Waals surface area contributed by atoms with Gasteiger partial charge in [-0.05, 0) is 124 Å². The van der Waals surface area contributed by atoms with Crippen LogP contribution in [-0.4, -0.2) is 114 Å². The summed E-state index contributed by atoms with van der Waals surface area (Å²) in [5, 5.41) is 18.6. The minimum Gasteiger partial charge on any atom is -0.489 e. The first kappa shape index (κ1) is 51.0. The molecule has 2 aliphatic heterocycles. The minimum atomic E-state index is -0.881. The highest BCUT2D eigenvalue weighted by Crippen LogP contribution is 2.41. The zero-order chi connectivity index (χ0) is 48.6. The second-order valence-corrected chi connectivity index (χ2v) is 16.8. The molecule has 1 aliphatic carbocycles. The molecule has 1 saturated heterocycles. The first-order chi connectivity index (χ1) is 32.8. The van der Waals surface area contributed by atoms with Crippen LogP contribution in [0, 0.1) is 38.8 Å². The average molecular weight is 974 g/mol. The topological polar surface area (TPSA) is 221 Å². The van der Waals surface area contributed by atoms with Crippen molar-refractivity contribution in [3.8, 4) is 5.75 Å². The summed E-state index contributed by atoms with van der Waals surface area (Å²) in [6.45, 7) is 2.40. The molecule has 3 heterocycles. The number of nitrogens with zero attached hydrogens (tertiary/aromatic N) is 5. The SMILES string of the molecule is Cc1c(CN(C(=O)C2=C(c3ccc(CCCOc4c(F)ccc(F)c4Cl)cc3)CC3COCC2N3C(=O)OCCCCO[N+](=O)[O-])C2CC2)ccnc1CCCOC(=O)OCCCCO[N+](=O)[O-]. The maximum absolute atomic E-state index is 15.3. The van der Waals surface area contributed by atoms with E-state index in [4.69, 9.17) is 35.3 Å². The van der Waals surface area contributed by atoms with Crippen LogP contribution in [0.25, 0.3) is 5.57 Å². The predicted octanol–water partition coefficient (Wildman–Crippen LogP) is 7.95. The summed E-state index contributed by atoms with van der Waals surface area (Å²) in [5.41, 5.74) is 5.45. The molecule has 1 aromatic heterocycles. The monoisotopic (exact) mass is 973 g/mol. The summed E-state index contributed by atoms with van der Waals surface area (Å²) in [4.78, 5) is 78.6. The number of ether oxygens (including phenoxy) is 5. The van der Waals surface area contributed by atoms with Crippen LogP contribution in [0.4, 0.5) is 18.4 Å². The number of carbonyl (C=O) groups is 3. The first-order valence-electron chi connectivity index (χ1n) is 22.5. The van der Waals surface area contributed by atoms with Gasteiger partial charge in [0.15, 0.2) is 11.6 Å². The molecule has 2 amide bonds. The molecule has 0 N–H and O–H groups in total. The number of hydrogen-bond acceptors (Lipinski definition) is 15. The molecule has 368 valence electrons. The molecule has 19 nitrogen and oxygen atoms in total. The quantitative estimate of drug-likeness (QED) is 0.0245. The Morgan fingerprint density at radius 1 is 0.824 bits per heavy atom. The Kier molecular flexibility index (Phi) is 18.9. The Morgan fingerprint density at radius 3 is 2.13 bits per heavy atom. The van der Waals surface area contributed by atoms with Crippen LogP contribution in [0.1, 0.15) is 85.7 Å². The van der Waals surface area contributed by atoms with Crippen molar-refractivity contribution in [3.05, 3.63) is 119 Å². The van der Waals surface area contributed by atoms with E-state index < -0.39 is 51.2 Å². The summed E-state index contributed by atoms with van der Waals surface area (Å²) in [5.74, 6) is -2.12. The van der Waals surface area contributed by atoms with Crippen LogP contribution < -0.4 is 4.74 Å². The molecule has 2 bridgehead atoms. The molecule has 2 fully saturated rings. The summed E-state index contributed by atoms with van der Waals surface area (Å²) in [6.07, 6.45) is 5.37. The van der Waals surface area contributed by atoms with Gasteiger partial charge in [0, 0.05) is 30.1 Å². The Morgan fingerprint density at radius 2 is 1.46 bits per heavy atom. The number of aromatic nitrogens is 1. The van der Waals surface area contributed by atoms with Crippen molar-refractivity contribution in [1.29, 1.82) is 0 Å². The Bertz CT molecular complexity index is 2280. The zero-order valence-corrected chi connectivity index (χ0v) is 38.3. The van der Waals surface area contributed by atoms with Crippen LogP contribution in [-0.2, 0) is 52.8 Å². The van der Waals surface area contributed by atoms with E-state index in [0.29, 0.717) is 63.4 Å². The highest BCUT2D eigenvalue weighted by Gasteiger charge is 2.48. The normalized spacial score (nSPS) is 16.4. The molecular weight excluding hydrogens is 920 g/mol. The third-order valence-corrected chi connectivity index (χ3v) is 12.1. The standard InChI is InChI=1S/C46H54ClF2N5O14/c1-30-33(18-19-50-39(30)9-7-23-66-46(57)65-21-3-5-25-68-54(60)61)27-51(34-14-15-34)44(55)41-36(26-35-28-62-29-40(41)52(35)45(56)64-20-2-4-24-67-53(58)59)32-12-10-31(11-13-32)8-6-22-63-43-38(49)17-16-37(48)42(43)47/h10-13,16-19,34-35,40H,2-9,14-15,20-29H2,1H3. The number of pyridine rings is 1. The predicted molar refractivity (Wildman–Crippen MR) is 237 cm³/mol. The van der Waals surface area contributed by atoms with Crippen molar-refractivity contribution in [2.75, 3.05) is 52.9 Å². The fraction of sp³-hybridized carbons (Fsp3) is 0.522. The van der Waals surface area contributed by atoms with Crippen LogP contribution in [0.5, 0.6) is 5.75 Å². The van der Waals surface area contributed by atoms with E-state index in [9.17, 15) is 38.6 Å². The molecule has 3 aliphatic rings. The molecule has 1 saturated carbocycles. The average Bonchev–Trinajstić information content (AvgIpc) is 4.16. The lowest BCUT2D eigenvalue weighted by atomic mass is 9.82. The van der Waals surface area contributed by atoms with Gasteiger partial charge in [-0.3, -0.25) is 14.7 Å². The van der Waals surface area contributed by atoms with E-state index in [2.05, 4.69) is 14.7 Å². The van der Waals surface area contributed by atoms with Crippen LogP contribution >= 0.6 is 11.6 Å². The molecule has 0 radical (unpaired) electrons. The lowest BCUT2D eigenvalue weighted by molar-refractivity contribution is -0.757. The molecule has 2 aromatic carbocycles. The second-order valence-electron chi connectivity index (χ2n) is 16.4.